The van der Waals surface area contributed by atoms with Crippen molar-refractivity contribution in [2.24, 2.45) is 0 Å². The van der Waals surface area contributed by atoms with Gasteiger partial charge in [-0.05, 0) is 36.2 Å². The molecule has 3 rings (SSSR count). The van der Waals surface area contributed by atoms with Crippen LogP contribution in [-0.4, -0.2) is 37.8 Å². The van der Waals surface area contributed by atoms with Crippen LogP contribution in [0, 0.1) is 0 Å². The number of fused-ring (bicyclic) bond motifs is 1. The third-order valence-electron chi connectivity index (χ3n) is 5.07. The Kier molecular flexibility index (Phi) is 8.64. The van der Waals surface area contributed by atoms with Crippen LogP contribution in [0.15, 0.2) is 47.4 Å². The highest BCUT2D eigenvalue weighted by molar-refractivity contribution is 7.99. The van der Waals surface area contributed by atoms with Gasteiger partial charge in [0.25, 0.3) is 0 Å². The largest absolute Gasteiger partial charge is 0.493 e. The maximum atomic E-state index is 12.7. The highest BCUT2D eigenvalue weighted by Gasteiger charge is 2.22. The Morgan fingerprint density at radius 2 is 1.97 bits per heavy atom. The molecule has 1 heterocycles. The zero-order valence-electron chi connectivity index (χ0n) is 18.2. The molecule has 0 bridgehead atoms. The average molecular weight is 443 g/mol. The van der Waals surface area contributed by atoms with E-state index < -0.39 is 0 Å². The van der Waals surface area contributed by atoms with Gasteiger partial charge in [-0.25, -0.2) is 0 Å². The molecule has 1 N–H and O–H groups in total. The van der Waals surface area contributed by atoms with E-state index >= 15 is 0 Å². The molecule has 0 aliphatic carbocycles. The van der Waals surface area contributed by atoms with Crippen molar-refractivity contribution >= 4 is 29.3 Å². The fraction of sp³-hybridized carbons (Fsp3) is 0.417. The number of carbonyl (C=O) groups excluding carboxylic acids is 2. The molecule has 0 aromatic heterocycles. The number of nitrogens with zero attached hydrogens (tertiary/aromatic N) is 1. The number of carbonyl (C=O) groups is 2. The highest BCUT2D eigenvalue weighted by Crippen LogP contribution is 2.34. The average Bonchev–Trinajstić information content (AvgIpc) is 2.81. The molecule has 31 heavy (non-hydrogen) atoms. The summed E-state index contributed by atoms with van der Waals surface area (Å²) in [4.78, 5) is 27.9. The van der Waals surface area contributed by atoms with Gasteiger partial charge in [-0.15, -0.1) is 11.8 Å². The number of amides is 2. The number of rotatable bonds is 10. The number of ether oxygens (including phenoxy) is 2. The monoisotopic (exact) mass is 442 g/mol. The van der Waals surface area contributed by atoms with Crippen LogP contribution >= 0.6 is 11.8 Å². The van der Waals surface area contributed by atoms with Crippen molar-refractivity contribution in [2.45, 2.75) is 44.0 Å². The number of hydrogen-bond acceptors (Lipinski definition) is 5. The van der Waals surface area contributed by atoms with E-state index in [0.29, 0.717) is 31.2 Å². The minimum atomic E-state index is -0.143. The quantitative estimate of drug-likeness (QED) is 0.552. The SMILES string of the molecule is CCCCOc1ccc(CNC(=O)CCC(=O)N2CCSc3ccccc32)cc1OC. The van der Waals surface area contributed by atoms with Crippen LogP contribution in [0.5, 0.6) is 11.5 Å². The van der Waals surface area contributed by atoms with Crippen molar-refractivity contribution in [3.63, 3.8) is 0 Å². The lowest BCUT2D eigenvalue weighted by atomic mass is 10.2. The lowest BCUT2D eigenvalue weighted by molar-refractivity contribution is -0.125. The van der Waals surface area contributed by atoms with Gasteiger partial charge in [0, 0.05) is 36.6 Å². The van der Waals surface area contributed by atoms with Crippen molar-refractivity contribution < 1.29 is 19.1 Å². The number of benzene rings is 2. The summed E-state index contributed by atoms with van der Waals surface area (Å²) in [5.74, 6) is 2.07. The summed E-state index contributed by atoms with van der Waals surface area (Å²) in [7, 11) is 1.60. The Hall–Kier alpha value is -2.67. The standard InChI is InChI=1S/C24H30N2O4S/c1-3-4-14-30-20-10-9-18(16-21(20)29-2)17-25-23(27)11-12-24(28)26-13-15-31-22-8-6-5-7-19(22)26/h5-10,16H,3-4,11-15,17H2,1-2H3,(H,25,27). The van der Waals surface area contributed by atoms with Gasteiger partial charge in [-0.2, -0.15) is 0 Å². The first kappa shape index (κ1) is 23.0. The molecule has 0 saturated carbocycles. The Labute approximate surface area is 188 Å². The first-order valence-corrected chi connectivity index (χ1v) is 11.7. The lowest BCUT2D eigenvalue weighted by Crippen LogP contribution is -2.36. The van der Waals surface area contributed by atoms with Crippen molar-refractivity contribution in [1.82, 2.24) is 5.32 Å². The van der Waals surface area contributed by atoms with Crippen LogP contribution in [0.3, 0.4) is 0 Å². The molecule has 2 aromatic rings. The molecular weight excluding hydrogens is 412 g/mol. The van der Waals surface area contributed by atoms with Gasteiger partial charge in [-0.1, -0.05) is 31.5 Å². The summed E-state index contributed by atoms with van der Waals surface area (Å²) >= 11 is 1.76. The normalized spacial score (nSPS) is 12.8. The number of nitrogens with one attached hydrogen (secondary N) is 1. The van der Waals surface area contributed by atoms with E-state index in [-0.39, 0.29) is 24.7 Å². The second-order valence-electron chi connectivity index (χ2n) is 7.33. The number of unbranched alkanes of at least 4 members (excludes halogenated alkanes) is 1. The second-order valence-corrected chi connectivity index (χ2v) is 8.46. The van der Waals surface area contributed by atoms with Crippen LogP contribution < -0.4 is 19.7 Å². The van der Waals surface area contributed by atoms with Gasteiger partial charge in [0.1, 0.15) is 0 Å². The van der Waals surface area contributed by atoms with E-state index in [1.54, 1.807) is 23.8 Å². The minimum absolute atomic E-state index is 0.0156. The van der Waals surface area contributed by atoms with E-state index in [1.165, 1.54) is 0 Å². The summed E-state index contributed by atoms with van der Waals surface area (Å²) < 4.78 is 11.1. The van der Waals surface area contributed by atoms with Crippen molar-refractivity contribution in [2.75, 3.05) is 30.9 Å². The maximum absolute atomic E-state index is 12.7. The van der Waals surface area contributed by atoms with Crippen LogP contribution in [0.1, 0.15) is 38.2 Å². The Morgan fingerprint density at radius 3 is 2.77 bits per heavy atom. The van der Waals surface area contributed by atoms with Crippen LogP contribution in [0.4, 0.5) is 5.69 Å². The van der Waals surface area contributed by atoms with Gasteiger partial charge < -0.3 is 19.7 Å². The number of hydrogen-bond donors (Lipinski definition) is 1. The van der Waals surface area contributed by atoms with E-state index in [1.807, 2.05) is 42.5 Å². The van der Waals surface area contributed by atoms with E-state index in [2.05, 4.69) is 12.2 Å². The molecule has 0 radical (unpaired) electrons. The molecule has 0 fully saturated rings. The first-order valence-electron chi connectivity index (χ1n) is 10.7. The molecule has 0 saturated heterocycles. The van der Waals surface area contributed by atoms with Crippen molar-refractivity contribution in [3.8, 4) is 11.5 Å². The summed E-state index contributed by atoms with van der Waals surface area (Å²) in [5.41, 5.74) is 1.86. The smallest absolute Gasteiger partial charge is 0.227 e. The fourth-order valence-corrected chi connectivity index (χ4v) is 4.34. The third kappa shape index (κ3) is 6.40. The predicted molar refractivity (Wildman–Crippen MR) is 124 cm³/mol. The molecule has 7 heteroatoms. The summed E-state index contributed by atoms with van der Waals surface area (Å²) in [6.07, 6.45) is 2.41. The van der Waals surface area contributed by atoms with E-state index in [9.17, 15) is 9.59 Å². The lowest BCUT2D eigenvalue weighted by Gasteiger charge is -2.29. The van der Waals surface area contributed by atoms with Gasteiger partial charge in [0.15, 0.2) is 11.5 Å². The van der Waals surface area contributed by atoms with E-state index in [0.717, 1.165) is 34.7 Å². The van der Waals surface area contributed by atoms with Crippen molar-refractivity contribution in [3.05, 3.63) is 48.0 Å². The van der Waals surface area contributed by atoms with E-state index in [4.69, 9.17) is 9.47 Å². The Morgan fingerprint density at radius 1 is 1.13 bits per heavy atom. The summed E-state index contributed by atoms with van der Waals surface area (Å²) in [6.45, 7) is 3.82. The maximum Gasteiger partial charge on any atom is 0.227 e. The summed E-state index contributed by atoms with van der Waals surface area (Å²) in [6, 6.07) is 13.6. The van der Waals surface area contributed by atoms with Crippen LogP contribution in [0.2, 0.25) is 0 Å². The van der Waals surface area contributed by atoms with Gasteiger partial charge in [0.05, 0.1) is 19.4 Å². The van der Waals surface area contributed by atoms with Crippen LogP contribution in [-0.2, 0) is 16.1 Å². The molecule has 0 unspecified atom stereocenters. The predicted octanol–water partition coefficient (Wildman–Crippen LogP) is 4.41. The molecule has 2 amide bonds. The molecule has 0 atom stereocenters. The van der Waals surface area contributed by atoms with Crippen LogP contribution in [0.25, 0.3) is 0 Å². The van der Waals surface area contributed by atoms with Gasteiger partial charge in [0.2, 0.25) is 11.8 Å². The molecule has 0 spiro atoms. The zero-order chi connectivity index (χ0) is 22.1. The molecule has 1 aliphatic rings. The first-order chi connectivity index (χ1) is 15.1. The number of methoxy groups -OCH3 is 1. The molecule has 2 aromatic carbocycles. The van der Waals surface area contributed by atoms with Gasteiger partial charge >= 0.3 is 0 Å². The number of anilines is 1. The molecule has 166 valence electrons. The third-order valence-corrected chi connectivity index (χ3v) is 6.11. The Balaban J connectivity index is 1.48. The number of thioether (sulfide) groups is 1. The zero-order valence-corrected chi connectivity index (χ0v) is 19.0. The topological polar surface area (TPSA) is 67.9 Å². The van der Waals surface area contributed by atoms with Gasteiger partial charge in [-0.3, -0.25) is 9.59 Å². The minimum Gasteiger partial charge on any atom is -0.493 e. The van der Waals surface area contributed by atoms with Crippen molar-refractivity contribution in [1.29, 1.82) is 0 Å². The summed E-state index contributed by atoms with van der Waals surface area (Å²) in [5, 5.41) is 2.89. The second kappa shape index (κ2) is 11.6. The number of para-hydroxylation sites is 1. The Bertz CT molecular complexity index is 903. The fourth-order valence-electron chi connectivity index (χ4n) is 3.34. The molecule has 1 aliphatic heterocycles. The highest BCUT2D eigenvalue weighted by atomic mass is 32.2. The molecule has 6 nitrogen and oxygen atoms in total. The molecular formula is C24H30N2O4S.